The van der Waals surface area contributed by atoms with Crippen molar-refractivity contribution in [2.45, 2.75) is 31.2 Å². The summed E-state index contributed by atoms with van der Waals surface area (Å²) in [6.45, 7) is 3.85. The molecule has 2 N–H and O–H groups in total. The van der Waals surface area contributed by atoms with Crippen LogP contribution < -0.4 is 5.84 Å². The zero-order valence-corrected chi connectivity index (χ0v) is 15.5. The van der Waals surface area contributed by atoms with Gasteiger partial charge in [0.1, 0.15) is 5.76 Å². The van der Waals surface area contributed by atoms with Crippen LogP contribution in [0.2, 0.25) is 0 Å². The normalized spacial score (nSPS) is 11.3. The number of fused-ring (bicyclic) bond motifs is 1. The van der Waals surface area contributed by atoms with Gasteiger partial charge < -0.3 is 10.4 Å². The Morgan fingerprint density at radius 1 is 1.08 bits per heavy atom. The van der Waals surface area contributed by atoms with Crippen molar-refractivity contribution in [1.82, 2.24) is 20.0 Å². The first kappa shape index (κ1) is 16.7. The van der Waals surface area contributed by atoms with E-state index in [1.165, 1.54) is 28.1 Å². The van der Waals surface area contributed by atoms with Crippen molar-refractivity contribution in [3.63, 3.8) is 0 Å². The summed E-state index contributed by atoms with van der Waals surface area (Å²) >= 11 is 1.53. The molecular weight excluding hydrogens is 346 g/mol. The molecule has 0 saturated carbocycles. The number of hydrogen-bond acceptors (Lipinski definition) is 6. The molecule has 26 heavy (non-hydrogen) atoms. The molecule has 0 spiro atoms. The zero-order chi connectivity index (χ0) is 18.1. The Balaban J connectivity index is 1.55. The summed E-state index contributed by atoms with van der Waals surface area (Å²) in [5, 5.41) is 15.6. The minimum atomic E-state index is 0.636. The fourth-order valence-electron chi connectivity index (χ4n) is 2.99. The van der Waals surface area contributed by atoms with E-state index in [0.29, 0.717) is 17.3 Å². The number of rotatable bonds is 5. The quantitative estimate of drug-likeness (QED) is 0.429. The number of thioether (sulfide) groups is 1. The molecule has 7 heteroatoms. The van der Waals surface area contributed by atoms with E-state index in [2.05, 4.69) is 45.7 Å². The van der Waals surface area contributed by atoms with Gasteiger partial charge in [-0.3, -0.25) is 0 Å². The van der Waals surface area contributed by atoms with Gasteiger partial charge in [0.2, 0.25) is 5.16 Å². The molecule has 4 rings (SSSR count). The second-order valence-corrected chi connectivity index (χ2v) is 7.12. The van der Waals surface area contributed by atoms with E-state index in [1.54, 1.807) is 4.68 Å². The first-order valence-electron chi connectivity index (χ1n) is 8.34. The third-order valence-corrected chi connectivity index (χ3v) is 5.46. The molecule has 6 nitrogen and oxygen atoms in total. The van der Waals surface area contributed by atoms with Crippen LogP contribution in [-0.4, -0.2) is 20.0 Å². The topological polar surface area (TPSA) is 82.8 Å². The second-order valence-electron chi connectivity index (χ2n) is 6.18. The third-order valence-electron chi connectivity index (χ3n) is 4.49. The average molecular weight is 365 g/mol. The molecule has 2 heterocycles. The summed E-state index contributed by atoms with van der Waals surface area (Å²) in [4.78, 5) is 0. The van der Waals surface area contributed by atoms with Gasteiger partial charge in [-0.2, -0.15) is 0 Å². The van der Waals surface area contributed by atoms with Gasteiger partial charge in [-0.1, -0.05) is 59.4 Å². The molecule has 0 aliphatic carbocycles. The first-order valence-corrected chi connectivity index (χ1v) is 9.32. The molecule has 0 bridgehead atoms. The van der Waals surface area contributed by atoms with Crippen LogP contribution in [0.4, 0.5) is 0 Å². The van der Waals surface area contributed by atoms with Crippen LogP contribution in [0.25, 0.3) is 10.8 Å². The lowest BCUT2D eigenvalue weighted by molar-refractivity contribution is 0.392. The average Bonchev–Trinajstić information content (AvgIpc) is 3.16. The maximum absolute atomic E-state index is 6.24. The Bertz CT molecular complexity index is 1040. The molecule has 2 aromatic carbocycles. The fourth-order valence-corrected chi connectivity index (χ4v) is 4.02. The summed E-state index contributed by atoms with van der Waals surface area (Å²) in [5.41, 5.74) is 3.16. The van der Waals surface area contributed by atoms with E-state index in [9.17, 15) is 0 Å². The molecule has 0 saturated heterocycles. The number of nitrogens with two attached hydrogens (primary N) is 1. The molecular formula is C19H19N5OS. The smallest absolute Gasteiger partial charge is 0.210 e. The van der Waals surface area contributed by atoms with Crippen LogP contribution in [0.15, 0.2) is 52.1 Å². The van der Waals surface area contributed by atoms with Gasteiger partial charge in [0.15, 0.2) is 5.82 Å². The van der Waals surface area contributed by atoms with Gasteiger partial charge in [-0.05, 0) is 30.2 Å². The lowest BCUT2D eigenvalue weighted by atomic mass is 10.0. The standard InChI is InChI=1S/C19H19N5OS/c1-12-17(13(2)25-23-12)11-26-19-22-21-18(24(19)20)10-15-8-5-7-14-6-3-4-9-16(14)15/h3-9H,10-11,20H2,1-2H3. The monoisotopic (exact) mass is 365 g/mol. The second kappa shape index (κ2) is 6.84. The largest absolute Gasteiger partial charge is 0.361 e. The van der Waals surface area contributed by atoms with Crippen LogP contribution >= 0.6 is 11.8 Å². The molecule has 0 radical (unpaired) electrons. The molecule has 132 valence electrons. The van der Waals surface area contributed by atoms with Crippen LogP contribution in [-0.2, 0) is 12.2 Å². The molecule has 0 aliphatic heterocycles. The first-order chi connectivity index (χ1) is 12.6. The van der Waals surface area contributed by atoms with Crippen LogP contribution in [0.3, 0.4) is 0 Å². The lowest BCUT2D eigenvalue weighted by Crippen LogP contribution is -2.14. The molecule has 0 fully saturated rings. The van der Waals surface area contributed by atoms with E-state index < -0.39 is 0 Å². The number of benzene rings is 2. The van der Waals surface area contributed by atoms with Crippen molar-refractivity contribution < 1.29 is 4.52 Å². The number of aryl methyl sites for hydroxylation is 2. The predicted molar refractivity (Wildman–Crippen MR) is 102 cm³/mol. The van der Waals surface area contributed by atoms with Crippen molar-refractivity contribution in [2.24, 2.45) is 0 Å². The van der Waals surface area contributed by atoms with Gasteiger partial charge in [0.25, 0.3) is 0 Å². The molecule has 2 aromatic heterocycles. The van der Waals surface area contributed by atoms with Crippen LogP contribution in [0.1, 0.15) is 28.4 Å². The summed E-state index contributed by atoms with van der Waals surface area (Å²) < 4.78 is 6.78. The van der Waals surface area contributed by atoms with E-state index in [4.69, 9.17) is 10.4 Å². The summed E-state index contributed by atoms with van der Waals surface area (Å²) in [6.07, 6.45) is 0.636. The molecule has 0 unspecified atom stereocenters. The van der Waals surface area contributed by atoms with Crippen molar-refractivity contribution in [1.29, 1.82) is 0 Å². The minimum Gasteiger partial charge on any atom is -0.361 e. The highest BCUT2D eigenvalue weighted by atomic mass is 32.2. The highest BCUT2D eigenvalue weighted by Gasteiger charge is 2.15. The Labute approximate surface area is 155 Å². The summed E-state index contributed by atoms with van der Waals surface area (Å²) in [5.74, 6) is 8.51. The van der Waals surface area contributed by atoms with Gasteiger partial charge in [-0.15, -0.1) is 10.2 Å². The van der Waals surface area contributed by atoms with Crippen molar-refractivity contribution >= 4 is 22.5 Å². The van der Waals surface area contributed by atoms with Gasteiger partial charge in [-0.25, -0.2) is 4.68 Å². The summed E-state index contributed by atoms with van der Waals surface area (Å²) in [6, 6.07) is 14.6. The van der Waals surface area contributed by atoms with Crippen LogP contribution in [0, 0.1) is 13.8 Å². The molecule has 4 aromatic rings. The Kier molecular flexibility index (Phi) is 4.38. The van der Waals surface area contributed by atoms with Gasteiger partial charge in [0.05, 0.1) is 5.69 Å². The Morgan fingerprint density at radius 3 is 2.69 bits per heavy atom. The van der Waals surface area contributed by atoms with Crippen LogP contribution in [0.5, 0.6) is 0 Å². The molecule has 0 atom stereocenters. The predicted octanol–water partition coefficient (Wildman–Crippen LogP) is 3.63. The lowest BCUT2D eigenvalue weighted by Gasteiger charge is -2.07. The van der Waals surface area contributed by atoms with E-state index in [-0.39, 0.29) is 0 Å². The minimum absolute atomic E-state index is 0.636. The number of nitrogen functional groups attached to an aromatic ring is 1. The maximum Gasteiger partial charge on any atom is 0.210 e. The molecule has 0 aliphatic rings. The highest BCUT2D eigenvalue weighted by molar-refractivity contribution is 7.98. The number of nitrogens with zero attached hydrogens (tertiary/aromatic N) is 4. The van der Waals surface area contributed by atoms with Gasteiger partial charge >= 0.3 is 0 Å². The third kappa shape index (κ3) is 3.06. The van der Waals surface area contributed by atoms with E-state index >= 15 is 0 Å². The Morgan fingerprint density at radius 2 is 1.88 bits per heavy atom. The number of hydrogen-bond donors (Lipinski definition) is 1. The highest BCUT2D eigenvalue weighted by Crippen LogP contribution is 2.26. The van der Waals surface area contributed by atoms with Crippen molar-refractivity contribution in [3.05, 3.63) is 70.9 Å². The SMILES string of the molecule is Cc1noc(C)c1CSc1nnc(Cc2cccc3ccccc23)n1N. The zero-order valence-electron chi connectivity index (χ0n) is 14.6. The van der Waals surface area contributed by atoms with E-state index in [1.807, 2.05) is 26.0 Å². The fraction of sp³-hybridized carbons (Fsp3) is 0.211. The maximum atomic E-state index is 6.24. The Hall–Kier alpha value is -2.80. The van der Waals surface area contributed by atoms with Crippen molar-refractivity contribution in [2.75, 3.05) is 5.84 Å². The van der Waals surface area contributed by atoms with E-state index in [0.717, 1.165) is 22.8 Å². The molecule has 0 amide bonds. The van der Waals surface area contributed by atoms with Crippen molar-refractivity contribution in [3.8, 4) is 0 Å². The number of aromatic nitrogens is 4. The summed E-state index contributed by atoms with van der Waals surface area (Å²) in [7, 11) is 0. The van der Waals surface area contributed by atoms with Gasteiger partial charge in [0, 0.05) is 17.7 Å².